The minimum atomic E-state index is 0.464. The van der Waals surface area contributed by atoms with Crippen LogP contribution in [-0.4, -0.2) is 20.2 Å². The third-order valence-electron chi connectivity index (χ3n) is 1.70. The van der Waals surface area contributed by atoms with Crippen LogP contribution in [0.3, 0.4) is 0 Å². The van der Waals surface area contributed by atoms with Crippen LogP contribution in [0.4, 0.5) is 0 Å². The van der Waals surface area contributed by atoms with Crippen molar-refractivity contribution in [3.05, 3.63) is 30.4 Å². The molecule has 5 heteroatoms. The molecule has 2 heterocycles. The second-order valence-electron chi connectivity index (χ2n) is 2.61. The molecule has 2 aromatic heterocycles. The van der Waals surface area contributed by atoms with Crippen molar-refractivity contribution >= 4 is 0 Å². The van der Waals surface area contributed by atoms with E-state index in [4.69, 9.17) is 5.73 Å². The molecule has 0 aliphatic heterocycles. The van der Waals surface area contributed by atoms with Crippen molar-refractivity contribution in [2.75, 3.05) is 0 Å². The zero-order valence-electron chi connectivity index (χ0n) is 6.94. The Morgan fingerprint density at radius 1 is 1.23 bits per heavy atom. The Morgan fingerprint density at radius 3 is 2.54 bits per heavy atom. The fraction of sp³-hybridized carbons (Fsp3) is 0.125. The molecule has 3 N–H and O–H groups in total. The van der Waals surface area contributed by atoms with Crippen LogP contribution >= 0.6 is 0 Å². The number of aromatic nitrogens is 4. The number of nitrogens with one attached hydrogen (secondary N) is 1. The standard InChI is InChI=1S/C8H9N5/c9-1-6-2-10-8(11-3-6)7-4-12-13-5-7/h2-5H,1,9H2,(H,12,13). The third kappa shape index (κ3) is 1.54. The van der Waals surface area contributed by atoms with Crippen LogP contribution in [0, 0.1) is 0 Å². The molecule has 0 radical (unpaired) electrons. The maximum Gasteiger partial charge on any atom is 0.162 e. The summed E-state index contributed by atoms with van der Waals surface area (Å²) in [7, 11) is 0. The maximum atomic E-state index is 5.42. The lowest BCUT2D eigenvalue weighted by Crippen LogP contribution is -1.98. The van der Waals surface area contributed by atoms with Crippen LogP contribution in [0.2, 0.25) is 0 Å². The highest BCUT2D eigenvalue weighted by Crippen LogP contribution is 2.10. The zero-order chi connectivity index (χ0) is 9.10. The molecule has 66 valence electrons. The summed E-state index contributed by atoms with van der Waals surface area (Å²) in [4.78, 5) is 8.28. The lowest BCUT2D eigenvalue weighted by Gasteiger charge is -1.96. The minimum Gasteiger partial charge on any atom is -0.326 e. The van der Waals surface area contributed by atoms with E-state index >= 15 is 0 Å². The first-order valence-electron chi connectivity index (χ1n) is 3.90. The van der Waals surface area contributed by atoms with Gasteiger partial charge < -0.3 is 5.73 Å². The number of rotatable bonds is 2. The Hall–Kier alpha value is -1.75. The van der Waals surface area contributed by atoms with Gasteiger partial charge in [-0.2, -0.15) is 5.10 Å². The van der Waals surface area contributed by atoms with Crippen molar-refractivity contribution in [2.45, 2.75) is 6.54 Å². The average Bonchev–Trinajstić information content (AvgIpc) is 2.71. The van der Waals surface area contributed by atoms with Crippen molar-refractivity contribution in [3.63, 3.8) is 0 Å². The molecule has 0 spiro atoms. The molecule has 0 unspecified atom stereocenters. The Labute approximate surface area is 75.0 Å². The number of hydrogen-bond donors (Lipinski definition) is 2. The van der Waals surface area contributed by atoms with E-state index in [2.05, 4.69) is 20.2 Å². The first-order valence-corrected chi connectivity index (χ1v) is 3.90. The van der Waals surface area contributed by atoms with E-state index in [-0.39, 0.29) is 0 Å². The predicted molar refractivity (Wildman–Crippen MR) is 47.5 cm³/mol. The fourth-order valence-electron chi connectivity index (χ4n) is 0.982. The van der Waals surface area contributed by atoms with Gasteiger partial charge in [0.15, 0.2) is 5.82 Å². The highest BCUT2D eigenvalue weighted by molar-refractivity contribution is 5.51. The van der Waals surface area contributed by atoms with Gasteiger partial charge >= 0.3 is 0 Å². The van der Waals surface area contributed by atoms with Crippen molar-refractivity contribution in [1.82, 2.24) is 20.2 Å². The Kier molecular flexibility index (Phi) is 2.01. The number of hydrogen-bond acceptors (Lipinski definition) is 4. The van der Waals surface area contributed by atoms with Gasteiger partial charge in [0.05, 0.1) is 11.8 Å². The van der Waals surface area contributed by atoms with Gasteiger partial charge in [-0.25, -0.2) is 9.97 Å². The van der Waals surface area contributed by atoms with E-state index in [1.54, 1.807) is 24.8 Å². The molecular formula is C8H9N5. The molecule has 0 saturated heterocycles. The first-order chi connectivity index (χ1) is 6.40. The van der Waals surface area contributed by atoms with Gasteiger partial charge in [0.2, 0.25) is 0 Å². The van der Waals surface area contributed by atoms with Crippen molar-refractivity contribution in [3.8, 4) is 11.4 Å². The molecule has 0 aromatic carbocycles. The number of H-pyrrole nitrogens is 1. The maximum absolute atomic E-state index is 5.42. The molecule has 5 nitrogen and oxygen atoms in total. The SMILES string of the molecule is NCc1cnc(-c2cn[nH]c2)nc1. The third-order valence-corrected chi connectivity index (χ3v) is 1.70. The summed E-state index contributed by atoms with van der Waals surface area (Å²) in [5, 5.41) is 6.51. The van der Waals surface area contributed by atoms with Crippen LogP contribution in [-0.2, 0) is 6.54 Å². The van der Waals surface area contributed by atoms with E-state index in [1.165, 1.54) is 0 Å². The average molecular weight is 175 g/mol. The van der Waals surface area contributed by atoms with Crippen LogP contribution in [0.15, 0.2) is 24.8 Å². The fourth-order valence-corrected chi connectivity index (χ4v) is 0.982. The van der Waals surface area contributed by atoms with Crippen molar-refractivity contribution in [1.29, 1.82) is 0 Å². The first kappa shape index (κ1) is 7.88. The lowest BCUT2D eigenvalue weighted by atomic mass is 10.3. The molecule has 0 atom stereocenters. The smallest absolute Gasteiger partial charge is 0.162 e. The summed E-state index contributed by atoms with van der Waals surface area (Å²) in [5.41, 5.74) is 7.22. The van der Waals surface area contributed by atoms with Crippen LogP contribution in [0.1, 0.15) is 5.56 Å². The summed E-state index contributed by atoms with van der Waals surface area (Å²) in [6, 6.07) is 0. The number of nitrogens with two attached hydrogens (primary N) is 1. The van der Waals surface area contributed by atoms with Crippen LogP contribution in [0.25, 0.3) is 11.4 Å². The van der Waals surface area contributed by atoms with Gasteiger partial charge in [-0.3, -0.25) is 5.10 Å². The van der Waals surface area contributed by atoms with Gasteiger partial charge in [-0.05, 0) is 0 Å². The quantitative estimate of drug-likeness (QED) is 0.689. The van der Waals surface area contributed by atoms with Crippen LogP contribution < -0.4 is 5.73 Å². The second kappa shape index (κ2) is 3.32. The Balaban J connectivity index is 2.33. The summed E-state index contributed by atoms with van der Waals surface area (Å²) in [6.07, 6.45) is 6.86. The second-order valence-corrected chi connectivity index (χ2v) is 2.61. The minimum absolute atomic E-state index is 0.464. The number of nitrogens with zero attached hydrogens (tertiary/aromatic N) is 3. The molecule has 0 saturated carbocycles. The van der Waals surface area contributed by atoms with Gasteiger partial charge in [-0.1, -0.05) is 0 Å². The van der Waals surface area contributed by atoms with E-state index in [1.807, 2.05) is 0 Å². The molecule has 2 aromatic rings. The molecule has 2 rings (SSSR count). The molecule has 0 bridgehead atoms. The van der Waals surface area contributed by atoms with Gasteiger partial charge in [0, 0.05) is 30.7 Å². The van der Waals surface area contributed by atoms with Gasteiger partial charge in [-0.15, -0.1) is 0 Å². The molecule has 0 aliphatic rings. The summed E-state index contributed by atoms with van der Waals surface area (Å²) in [6.45, 7) is 0.464. The molecule has 0 amide bonds. The van der Waals surface area contributed by atoms with Crippen molar-refractivity contribution in [2.24, 2.45) is 5.73 Å². The topological polar surface area (TPSA) is 80.5 Å². The van der Waals surface area contributed by atoms with Crippen molar-refractivity contribution < 1.29 is 0 Å². The highest BCUT2D eigenvalue weighted by Gasteiger charge is 2.00. The molecule has 13 heavy (non-hydrogen) atoms. The van der Waals surface area contributed by atoms with E-state index in [0.717, 1.165) is 11.1 Å². The highest BCUT2D eigenvalue weighted by atomic mass is 15.1. The molecular weight excluding hydrogens is 166 g/mol. The number of aromatic amines is 1. The monoisotopic (exact) mass is 175 g/mol. The van der Waals surface area contributed by atoms with Gasteiger partial charge in [0.1, 0.15) is 0 Å². The van der Waals surface area contributed by atoms with E-state index < -0.39 is 0 Å². The summed E-state index contributed by atoms with van der Waals surface area (Å²) < 4.78 is 0. The largest absolute Gasteiger partial charge is 0.326 e. The zero-order valence-corrected chi connectivity index (χ0v) is 6.94. The van der Waals surface area contributed by atoms with E-state index in [9.17, 15) is 0 Å². The normalized spacial score (nSPS) is 10.2. The summed E-state index contributed by atoms with van der Waals surface area (Å²) >= 11 is 0. The van der Waals surface area contributed by atoms with Crippen LogP contribution in [0.5, 0.6) is 0 Å². The predicted octanol–water partition coefficient (Wildman–Crippen LogP) is 0.325. The van der Waals surface area contributed by atoms with E-state index in [0.29, 0.717) is 12.4 Å². The molecule has 0 aliphatic carbocycles. The Bertz CT molecular complexity index is 364. The molecule has 0 fully saturated rings. The summed E-state index contributed by atoms with van der Waals surface area (Å²) in [5.74, 6) is 0.658. The lowest BCUT2D eigenvalue weighted by molar-refractivity contribution is 1.01. The Morgan fingerprint density at radius 2 is 2.00 bits per heavy atom. The van der Waals surface area contributed by atoms with Gasteiger partial charge in [0.25, 0.3) is 0 Å².